The predicted molar refractivity (Wildman–Crippen MR) is 196 cm³/mol. The molecule has 0 saturated carbocycles. The van der Waals surface area contributed by atoms with E-state index in [1.165, 1.54) is 12.2 Å². The highest BCUT2D eigenvalue weighted by Gasteiger charge is 2.46. The number of aryl methyl sites for hydroxylation is 1. The molecule has 1 fully saturated rings. The van der Waals surface area contributed by atoms with Crippen LogP contribution >= 0.6 is 23.2 Å². The maximum absolute atomic E-state index is 13.7. The molecule has 2 aliphatic heterocycles. The summed E-state index contributed by atoms with van der Waals surface area (Å²) in [6.07, 6.45) is 6.67. The van der Waals surface area contributed by atoms with Crippen LogP contribution in [0.25, 0.3) is 5.57 Å². The van der Waals surface area contributed by atoms with Gasteiger partial charge in [-0.3, -0.25) is 24.8 Å². The van der Waals surface area contributed by atoms with Crippen LogP contribution in [-0.2, 0) is 32.5 Å². The fourth-order valence-corrected chi connectivity index (χ4v) is 6.44. The van der Waals surface area contributed by atoms with Gasteiger partial charge >= 0.3 is 6.18 Å². The molecule has 3 heterocycles. The first-order valence-electron chi connectivity index (χ1n) is 16.5. The summed E-state index contributed by atoms with van der Waals surface area (Å²) >= 11 is 10.6. The van der Waals surface area contributed by atoms with Crippen molar-refractivity contribution in [2.45, 2.75) is 70.0 Å². The summed E-state index contributed by atoms with van der Waals surface area (Å²) in [6.45, 7) is 8.06. The fraction of sp³-hybridized carbons (Fsp3) is 0.457. The van der Waals surface area contributed by atoms with Gasteiger partial charge in [-0.25, -0.2) is 9.97 Å². The van der Waals surface area contributed by atoms with E-state index in [2.05, 4.69) is 34.3 Å². The van der Waals surface area contributed by atoms with Gasteiger partial charge in [0.2, 0.25) is 6.41 Å². The number of nitrogens with zero attached hydrogens (tertiary/aromatic N) is 4. The lowest BCUT2D eigenvalue weighted by Gasteiger charge is -2.38. The van der Waals surface area contributed by atoms with Crippen LogP contribution in [0.4, 0.5) is 18.9 Å². The first-order chi connectivity index (χ1) is 24.6. The summed E-state index contributed by atoms with van der Waals surface area (Å²) in [7, 11) is 2.16. The molecule has 1 saturated heterocycles. The van der Waals surface area contributed by atoms with E-state index in [9.17, 15) is 27.6 Å². The minimum absolute atomic E-state index is 0.0609. The molecule has 1 aromatic carbocycles. The number of rotatable bonds is 8. The zero-order chi connectivity index (χ0) is 38.5. The van der Waals surface area contributed by atoms with Gasteiger partial charge in [0, 0.05) is 29.7 Å². The summed E-state index contributed by atoms with van der Waals surface area (Å²) in [5, 5.41) is 18.9. The van der Waals surface area contributed by atoms with E-state index in [1.54, 1.807) is 11.0 Å². The van der Waals surface area contributed by atoms with Crippen LogP contribution in [0.3, 0.4) is 0 Å². The van der Waals surface area contributed by atoms with Gasteiger partial charge < -0.3 is 25.2 Å². The number of anilines is 1. The van der Waals surface area contributed by atoms with Gasteiger partial charge in [0.05, 0.1) is 35.2 Å². The molecule has 1 amide bonds. The molecule has 4 N–H and O–H groups in total. The monoisotopic (exact) mass is 766 g/mol. The average molecular weight is 768 g/mol. The van der Waals surface area contributed by atoms with E-state index in [0.29, 0.717) is 38.3 Å². The fourth-order valence-electron chi connectivity index (χ4n) is 6.15. The van der Waals surface area contributed by atoms with Crippen molar-refractivity contribution in [2.24, 2.45) is 0 Å². The standard InChI is InChI=1S/C21H31N5O2.C8H5ClF3NO.C6H7ClN2O/c1-4-26-20(27)17-18(15(2)13-21(17)7-9-25(3)10-8-21)22-14-23-19(24-26)16-5-11-28-12-6-16;9-6-3-5(8(10,11)12)1-2-7(6)13-4-14;7-6(9)2-1-5(8)3-4-10/h5,14-15H,4,6-13H2,1-3H3,(H,22,23,24);1-4H,(H,13,14);1-2,4,8-9H,3H2/b;;2-1-,8-5?,9-6?. The molecule has 5 rings (SSSR count). The normalized spacial score (nSPS) is 17.8. The van der Waals surface area contributed by atoms with Crippen LogP contribution in [0.1, 0.15) is 74.5 Å². The molecule has 17 heteroatoms. The van der Waals surface area contributed by atoms with Crippen molar-refractivity contribution in [1.82, 2.24) is 24.6 Å². The topological polar surface area (TPSA) is 170 Å². The van der Waals surface area contributed by atoms with E-state index in [1.807, 2.05) is 13.0 Å². The Balaban J connectivity index is 0.000000253. The molecule has 0 radical (unpaired) electrons. The molecule has 1 aromatic heterocycles. The van der Waals surface area contributed by atoms with E-state index in [-0.39, 0.29) is 44.9 Å². The largest absolute Gasteiger partial charge is 0.416 e. The molecular weight excluding hydrogens is 724 g/mol. The molecule has 52 heavy (non-hydrogen) atoms. The summed E-state index contributed by atoms with van der Waals surface area (Å²) in [5.41, 5.74) is 2.37. The van der Waals surface area contributed by atoms with Crippen LogP contribution in [0.5, 0.6) is 0 Å². The Morgan fingerprint density at radius 2 is 1.90 bits per heavy atom. The van der Waals surface area contributed by atoms with Gasteiger partial charge in [-0.05, 0) is 94.6 Å². The number of carbonyl (C=O) groups excluding carboxylic acids is 2. The average Bonchev–Trinajstić information content (AvgIpc) is 3.41. The molecule has 282 valence electrons. The number of carbonyl (C=O) groups is 2. The Labute approximate surface area is 309 Å². The van der Waals surface area contributed by atoms with Gasteiger partial charge in [0.1, 0.15) is 23.6 Å². The molecule has 1 atom stereocenters. The molecule has 1 aliphatic carbocycles. The zero-order valence-electron chi connectivity index (χ0n) is 29.2. The number of aromatic nitrogens is 4. The van der Waals surface area contributed by atoms with Gasteiger partial charge in [0.15, 0.2) is 0 Å². The molecule has 0 bridgehead atoms. The smallest absolute Gasteiger partial charge is 0.377 e. The minimum Gasteiger partial charge on any atom is -0.377 e. The summed E-state index contributed by atoms with van der Waals surface area (Å²) in [4.78, 5) is 45.2. The Morgan fingerprint density at radius 3 is 2.46 bits per heavy atom. The predicted octanol–water partition coefficient (Wildman–Crippen LogP) is 6.68. The lowest BCUT2D eigenvalue weighted by Crippen LogP contribution is -2.43. The van der Waals surface area contributed by atoms with E-state index < -0.39 is 11.7 Å². The van der Waals surface area contributed by atoms with Crippen molar-refractivity contribution in [1.29, 1.82) is 10.8 Å². The van der Waals surface area contributed by atoms with Gasteiger partial charge in [-0.1, -0.05) is 36.2 Å². The number of alkyl halides is 3. The van der Waals surface area contributed by atoms with Gasteiger partial charge in [0.25, 0.3) is 5.56 Å². The number of H-pyrrole nitrogens is 1. The SMILES string of the molecule is CCn1[nH]c(C2=CCOCC2)ncnc2c(c1=O)C1(CCN(C)CC1)CC2C.N=C(Cl)/C=C\C(=N)CC=O.O=CNc1ccc(C(F)(F)F)cc1Cl. The Hall–Kier alpha value is -4.18. The molecule has 2 aromatic rings. The molecule has 1 unspecified atom stereocenters. The highest BCUT2D eigenvalue weighted by Crippen LogP contribution is 2.48. The second-order valence-electron chi connectivity index (χ2n) is 12.4. The number of halogens is 5. The highest BCUT2D eigenvalue weighted by molar-refractivity contribution is 6.67. The molecular formula is C35H43Cl2F3N8O4. The maximum Gasteiger partial charge on any atom is 0.416 e. The zero-order valence-corrected chi connectivity index (χ0v) is 30.7. The summed E-state index contributed by atoms with van der Waals surface area (Å²) < 4.78 is 43.5. The third kappa shape index (κ3) is 11.7. The van der Waals surface area contributed by atoms with Crippen LogP contribution in [0, 0.1) is 10.8 Å². The number of hydrogen-bond donors (Lipinski definition) is 4. The van der Waals surface area contributed by atoms with Gasteiger partial charge in [-0.15, -0.1) is 0 Å². The van der Waals surface area contributed by atoms with Crippen LogP contribution in [0.15, 0.2) is 47.5 Å². The number of hydrogen-bond acceptors (Lipinski definition) is 9. The Morgan fingerprint density at radius 1 is 1.19 bits per heavy atom. The Kier molecular flexibility index (Phi) is 15.9. The summed E-state index contributed by atoms with van der Waals surface area (Å²) in [6, 6.07) is 2.70. The number of piperidine rings is 1. The van der Waals surface area contributed by atoms with Gasteiger partial charge in [-0.2, -0.15) is 13.2 Å². The number of aromatic amines is 1. The first kappa shape index (κ1) is 42.2. The number of likely N-dealkylation sites (tertiary alicyclic amines) is 1. The van der Waals surface area contributed by atoms with Crippen LogP contribution in [0.2, 0.25) is 5.02 Å². The number of fused-ring (bicyclic) bond motifs is 2. The number of ether oxygens (including phenoxy) is 1. The van der Waals surface area contributed by atoms with Crippen molar-refractivity contribution in [3.05, 3.63) is 80.8 Å². The van der Waals surface area contributed by atoms with Crippen LogP contribution in [-0.4, -0.2) is 81.6 Å². The third-order valence-corrected chi connectivity index (χ3v) is 9.25. The van der Waals surface area contributed by atoms with Crippen LogP contribution < -0.4 is 10.9 Å². The minimum atomic E-state index is -4.43. The lowest BCUT2D eigenvalue weighted by atomic mass is 9.74. The van der Waals surface area contributed by atoms with Crippen molar-refractivity contribution in [3.63, 3.8) is 0 Å². The number of aldehydes is 1. The second kappa shape index (κ2) is 19.6. The van der Waals surface area contributed by atoms with Crippen molar-refractivity contribution in [3.8, 4) is 0 Å². The number of benzene rings is 1. The van der Waals surface area contributed by atoms with Crippen molar-refractivity contribution in [2.75, 3.05) is 38.7 Å². The van der Waals surface area contributed by atoms with E-state index in [0.717, 1.165) is 73.8 Å². The maximum atomic E-state index is 13.7. The molecule has 3 aliphatic rings. The van der Waals surface area contributed by atoms with E-state index in [4.69, 9.17) is 43.7 Å². The third-order valence-electron chi connectivity index (χ3n) is 8.81. The molecule has 1 spiro atoms. The quantitative estimate of drug-likeness (QED) is 0.172. The number of nitrogens with one attached hydrogen (secondary N) is 4. The first-order valence-corrected chi connectivity index (χ1v) is 17.3. The van der Waals surface area contributed by atoms with Crippen molar-refractivity contribution >= 4 is 58.0 Å². The second-order valence-corrected chi connectivity index (χ2v) is 13.2. The summed E-state index contributed by atoms with van der Waals surface area (Å²) in [5.74, 6) is 0.977. The van der Waals surface area contributed by atoms with E-state index >= 15 is 0 Å². The van der Waals surface area contributed by atoms with Crippen molar-refractivity contribution < 1.29 is 27.5 Å². The number of amides is 1. The lowest BCUT2D eigenvalue weighted by molar-refractivity contribution is -0.137. The highest BCUT2D eigenvalue weighted by atomic mass is 35.5. The molecule has 12 nitrogen and oxygen atoms in total. The number of allylic oxidation sites excluding steroid dienone is 2. The Bertz CT molecular complexity index is 1780.